The lowest BCUT2D eigenvalue weighted by Gasteiger charge is -2.14. The Morgan fingerprint density at radius 1 is 0.805 bits per heavy atom. The van der Waals surface area contributed by atoms with Crippen molar-refractivity contribution in [3.8, 4) is 0 Å². The van der Waals surface area contributed by atoms with E-state index in [0.717, 1.165) is 14.9 Å². The second-order valence-electron chi connectivity index (χ2n) is 8.79. The molecule has 1 atom stereocenters. The highest BCUT2D eigenvalue weighted by molar-refractivity contribution is 9.10. The average Bonchev–Trinajstić information content (AvgIpc) is 2.97. The zero-order valence-corrected chi connectivity index (χ0v) is 25.6. The first kappa shape index (κ1) is 30.4. The van der Waals surface area contributed by atoms with E-state index in [2.05, 4.69) is 31.9 Å². The van der Waals surface area contributed by atoms with E-state index in [1.165, 1.54) is 11.8 Å². The number of benzene rings is 4. The van der Waals surface area contributed by atoms with Gasteiger partial charge in [-0.2, -0.15) is 0 Å². The number of hydrogen-bond acceptors (Lipinski definition) is 4. The number of nitrogens with one attached hydrogen (secondary N) is 3. The van der Waals surface area contributed by atoms with Gasteiger partial charge in [0.2, 0.25) is 5.91 Å². The highest BCUT2D eigenvalue weighted by atomic mass is 79.9. The number of halogens is 3. The van der Waals surface area contributed by atoms with Crippen molar-refractivity contribution in [2.75, 3.05) is 10.6 Å². The van der Waals surface area contributed by atoms with Crippen molar-refractivity contribution in [1.29, 1.82) is 0 Å². The maximum Gasteiger partial charge on any atom is 0.272 e. The lowest BCUT2D eigenvalue weighted by molar-refractivity contribution is -0.115. The van der Waals surface area contributed by atoms with Gasteiger partial charge in [0.25, 0.3) is 11.8 Å². The highest BCUT2D eigenvalue weighted by Crippen LogP contribution is 2.28. The van der Waals surface area contributed by atoms with E-state index in [1.54, 1.807) is 67.6 Å². The average molecular weight is 669 g/mol. The van der Waals surface area contributed by atoms with Crippen LogP contribution in [0.4, 0.5) is 11.4 Å². The number of carbonyl (C=O) groups excluding carboxylic acids is 3. The van der Waals surface area contributed by atoms with E-state index in [0.29, 0.717) is 27.0 Å². The maximum absolute atomic E-state index is 13.2. The second kappa shape index (κ2) is 14.4. The lowest BCUT2D eigenvalue weighted by atomic mass is 10.1. The molecule has 0 fully saturated rings. The molecule has 0 spiro atoms. The van der Waals surface area contributed by atoms with Crippen LogP contribution in [0.5, 0.6) is 0 Å². The molecule has 41 heavy (non-hydrogen) atoms. The van der Waals surface area contributed by atoms with Crippen LogP contribution in [0.25, 0.3) is 6.08 Å². The van der Waals surface area contributed by atoms with Crippen LogP contribution in [0.3, 0.4) is 0 Å². The molecule has 6 nitrogen and oxygen atoms in total. The Bertz CT molecular complexity index is 1580. The van der Waals surface area contributed by atoms with Crippen LogP contribution in [0.1, 0.15) is 22.8 Å². The predicted molar refractivity (Wildman–Crippen MR) is 172 cm³/mol. The van der Waals surface area contributed by atoms with Gasteiger partial charge in [0.15, 0.2) is 0 Å². The van der Waals surface area contributed by atoms with E-state index in [-0.39, 0.29) is 11.6 Å². The Kier molecular flexibility index (Phi) is 10.7. The van der Waals surface area contributed by atoms with Crippen LogP contribution >= 0.6 is 50.9 Å². The molecule has 0 aliphatic carbocycles. The van der Waals surface area contributed by atoms with Crippen LogP contribution in [-0.4, -0.2) is 23.0 Å². The third kappa shape index (κ3) is 8.96. The number of anilines is 2. The third-order valence-corrected chi connectivity index (χ3v) is 8.07. The van der Waals surface area contributed by atoms with E-state index < -0.39 is 17.1 Å². The van der Waals surface area contributed by atoms with Crippen molar-refractivity contribution in [3.63, 3.8) is 0 Å². The van der Waals surface area contributed by atoms with Crippen molar-refractivity contribution >= 4 is 86.1 Å². The smallest absolute Gasteiger partial charge is 0.272 e. The fourth-order valence-electron chi connectivity index (χ4n) is 3.56. The zero-order valence-electron chi connectivity index (χ0n) is 21.7. The Morgan fingerprint density at radius 2 is 1.46 bits per heavy atom. The molecule has 1 unspecified atom stereocenters. The molecule has 208 valence electrons. The van der Waals surface area contributed by atoms with Crippen molar-refractivity contribution in [3.05, 3.63) is 128 Å². The standard InChI is InChI=1S/C31H24BrCl2N3O3S/c1-19(29(38)36-24-13-16-26(33)27(34)18-24)41-25-14-11-23(12-15-25)35-31(40)28(17-20-7-9-22(32)10-8-20)37-30(39)21-5-3-2-4-6-21/h2-19H,1H3,(H,35,40)(H,36,38)(H,37,39)/b28-17-. The minimum absolute atomic E-state index is 0.0900. The van der Waals surface area contributed by atoms with Crippen LogP contribution in [0.2, 0.25) is 10.0 Å². The molecule has 3 amide bonds. The van der Waals surface area contributed by atoms with Gasteiger partial charge in [0.05, 0.1) is 15.3 Å². The van der Waals surface area contributed by atoms with Gasteiger partial charge < -0.3 is 16.0 Å². The van der Waals surface area contributed by atoms with Crippen molar-refractivity contribution in [2.45, 2.75) is 17.1 Å². The first-order chi connectivity index (χ1) is 19.7. The van der Waals surface area contributed by atoms with Crippen molar-refractivity contribution in [1.82, 2.24) is 5.32 Å². The van der Waals surface area contributed by atoms with Crippen molar-refractivity contribution in [2.24, 2.45) is 0 Å². The molecule has 10 heteroatoms. The second-order valence-corrected chi connectivity index (χ2v) is 11.9. The van der Waals surface area contributed by atoms with Gasteiger partial charge in [-0.15, -0.1) is 11.8 Å². The summed E-state index contributed by atoms with van der Waals surface area (Å²) in [4.78, 5) is 39.5. The molecular formula is C31H24BrCl2N3O3S. The van der Waals surface area contributed by atoms with Gasteiger partial charge in [-0.1, -0.05) is 69.5 Å². The molecule has 0 bridgehead atoms. The van der Waals surface area contributed by atoms with Crippen LogP contribution in [0.15, 0.2) is 112 Å². The normalized spacial score (nSPS) is 11.9. The Hall–Kier alpha value is -3.56. The summed E-state index contributed by atoms with van der Waals surface area (Å²) in [5, 5.41) is 8.75. The number of thioether (sulfide) groups is 1. The number of rotatable bonds is 9. The number of carbonyl (C=O) groups is 3. The largest absolute Gasteiger partial charge is 0.325 e. The van der Waals surface area contributed by atoms with Gasteiger partial charge in [-0.3, -0.25) is 14.4 Å². The molecule has 0 aromatic heterocycles. The molecule has 0 radical (unpaired) electrons. The summed E-state index contributed by atoms with van der Waals surface area (Å²) in [6, 6.07) is 28.0. The molecule has 0 aliphatic heterocycles. The predicted octanol–water partition coefficient (Wildman–Crippen LogP) is 8.28. The molecule has 3 N–H and O–H groups in total. The fourth-order valence-corrected chi connectivity index (χ4v) is 4.99. The van der Waals surface area contributed by atoms with Gasteiger partial charge >= 0.3 is 0 Å². The monoisotopic (exact) mass is 667 g/mol. The molecule has 0 aliphatic rings. The highest BCUT2D eigenvalue weighted by Gasteiger charge is 2.17. The van der Waals surface area contributed by atoms with Gasteiger partial charge in [-0.05, 0) is 85.3 Å². The maximum atomic E-state index is 13.2. The molecule has 4 rings (SSSR count). The first-order valence-electron chi connectivity index (χ1n) is 12.4. The summed E-state index contributed by atoms with van der Waals surface area (Å²) < 4.78 is 0.896. The summed E-state index contributed by atoms with van der Waals surface area (Å²) in [7, 11) is 0. The van der Waals surface area contributed by atoms with Crippen LogP contribution in [-0.2, 0) is 9.59 Å². The van der Waals surface area contributed by atoms with E-state index in [4.69, 9.17) is 23.2 Å². The fraction of sp³-hybridized carbons (Fsp3) is 0.0645. The summed E-state index contributed by atoms with van der Waals surface area (Å²) in [6.07, 6.45) is 1.61. The third-order valence-electron chi connectivity index (χ3n) is 5.69. The first-order valence-corrected chi connectivity index (χ1v) is 14.8. The number of hydrogen-bond donors (Lipinski definition) is 3. The zero-order chi connectivity index (χ0) is 29.4. The minimum Gasteiger partial charge on any atom is -0.325 e. The molecule has 0 saturated heterocycles. The van der Waals surface area contributed by atoms with Gasteiger partial charge in [-0.25, -0.2) is 0 Å². The van der Waals surface area contributed by atoms with Crippen LogP contribution < -0.4 is 16.0 Å². The van der Waals surface area contributed by atoms with Gasteiger partial charge in [0, 0.05) is 26.3 Å². The molecule has 4 aromatic carbocycles. The minimum atomic E-state index is -0.480. The summed E-state index contributed by atoms with van der Waals surface area (Å²) >= 11 is 16.7. The molecular weight excluding hydrogens is 645 g/mol. The Balaban J connectivity index is 1.42. The summed E-state index contributed by atoms with van der Waals surface area (Å²) in [5.74, 6) is -1.07. The molecule has 0 heterocycles. The number of amides is 3. The summed E-state index contributed by atoms with van der Waals surface area (Å²) in [6.45, 7) is 1.79. The SMILES string of the molecule is CC(Sc1ccc(NC(=O)/C(=C/c2ccc(Br)cc2)NC(=O)c2ccccc2)cc1)C(=O)Nc1ccc(Cl)c(Cl)c1. The molecule has 4 aromatic rings. The quantitative estimate of drug-likeness (QED) is 0.124. The Labute approximate surface area is 260 Å². The van der Waals surface area contributed by atoms with E-state index >= 15 is 0 Å². The van der Waals surface area contributed by atoms with E-state index in [9.17, 15) is 14.4 Å². The van der Waals surface area contributed by atoms with E-state index in [1.807, 2.05) is 42.5 Å². The molecule has 0 saturated carbocycles. The van der Waals surface area contributed by atoms with Crippen molar-refractivity contribution < 1.29 is 14.4 Å². The topological polar surface area (TPSA) is 87.3 Å². The lowest BCUT2D eigenvalue weighted by Crippen LogP contribution is -2.30. The Morgan fingerprint density at radius 3 is 2.12 bits per heavy atom. The van der Waals surface area contributed by atoms with Crippen LogP contribution in [0, 0.1) is 0 Å². The summed E-state index contributed by atoms with van der Waals surface area (Å²) in [5.41, 5.74) is 2.35. The van der Waals surface area contributed by atoms with Gasteiger partial charge in [0.1, 0.15) is 5.70 Å².